The zero-order valence-electron chi connectivity index (χ0n) is 14.6. The molecule has 0 bridgehead atoms. The minimum Gasteiger partial charge on any atom is -0.396 e. The molecule has 0 saturated heterocycles. The SMILES string of the molecule is CCNC(=NCC(CO)c1ccccc1)NCCc1ccccc1F. The second kappa shape index (κ2) is 10.5. The minimum atomic E-state index is -0.185. The van der Waals surface area contributed by atoms with Crippen LogP contribution in [0.25, 0.3) is 0 Å². The highest BCUT2D eigenvalue weighted by Crippen LogP contribution is 2.14. The largest absolute Gasteiger partial charge is 0.396 e. The van der Waals surface area contributed by atoms with Crippen molar-refractivity contribution in [3.05, 3.63) is 71.5 Å². The van der Waals surface area contributed by atoms with Crippen molar-refractivity contribution in [3.8, 4) is 0 Å². The summed E-state index contributed by atoms with van der Waals surface area (Å²) in [7, 11) is 0. The first-order valence-corrected chi connectivity index (χ1v) is 8.66. The van der Waals surface area contributed by atoms with Crippen LogP contribution in [0.15, 0.2) is 59.6 Å². The third-order valence-corrected chi connectivity index (χ3v) is 3.95. The van der Waals surface area contributed by atoms with E-state index in [2.05, 4.69) is 15.6 Å². The Balaban J connectivity index is 1.92. The molecular weight excluding hydrogens is 317 g/mol. The summed E-state index contributed by atoms with van der Waals surface area (Å²) in [6.07, 6.45) is 0.583. The summed E-state index contributed by atoms with van der Waals surface area (Å²) in [5.41, 5.74) is 1.75. The van der Waals surface area contributed by atoms with Gasteiger partial charge in [0.05, 0.1) is 13.2 Å². The Morgan fingerprint density at radius 3 is 2.48 bits per heavy atom. The number of nitrogens with one attached hydrogen (secondary N) is 2. The van der Waals surface area contributed by atoms with Gasteiger partial charge in [0.1, 0.15) is 5.82 Å². The molecule has 134 valence electrons. The summed E-state index contributed by atoms with van der Waals surface area (Å²) in [6, 6.07) is 16.6. The summed E-state index contributed by atoms with van der Waals surface area (Å²) in [6.45, 7) is 3.84. The molecule has 4 nitrogen and oxygen atoms in total. The van der Waals surface area contributed by atoms with E-state index in [-0.39, 0.29) is 18.3 Å². The molecule has 0 heterocycles. The highest BCUT2D eigenvalue weighted by molar-refractivity contribution is 5.79. The predicted molar refractivity (Wildman–Crippen MR) is 100 cm³/mol. The minimum absolute atomic E-state index is 0.0387. The first-order valence-electron chi connectivity index (χ1n) is 8.66. The first kappa shape index (κ1) is 18.9. The number of aliphatic hydroxyl groups is 1. The van der Waals surface area contributed by atoms with E-state index in [4.69, 9.17) is 0 Å². The van der Waals surface area contributed by atoms with Gasteiger partial charge in [-0.2, -0.15) is 0 Å². The van der Waals surface area contributed by atoms with E-state index >= 15 is 0 Å². The lowest BCUT2D eigenvalue weighted by molar-refractivity contribution is 0.268. The molecule has 2 aromatic rings. The van der Waals surface area contributed by atoms with Crippen LogP contribution in [-0.2, 0) is 6.42 Å². The molecule has 2 aromatic carbocycles. The molecule has 0 aliphatic heterocycles. The second-order valence-corrected chi connectivity index (χ2v) is 5.78. The number of halogens is 1. The van der Waals surface area contributed by atoms with Crippen LogP contribution in [0.3, 0.4) is 0 Å². The number of nitrogens with zero attached hydrogens (tertiary/aromatic N) is 1. The lowest BCUT2D eigenvalue weighted by Crippen LogP contribution is -2.38. The quantitative estimate of drug-likeness (QED) is 0.510. The van der Waals surface area contributed by atoms with Crippen molar-refractivity contribution in [2.24, 2.45) is 4.99 Å². The van der Waals surface area contributed by atoms with Crippen molar-refractivity contribution < 1.29 is 9.50 Å². The Labute approximate surface area is 148 Å². The normalized spacial score (nSPS) is 12.7. The van der Waals surface area contributed by atoms with E-state index < -0.39 is 0 Å². The molecule has 0 aliphatic carbocycles. The van der Waals surface area contributed by atoms with Crippen LogP contribution in [-0.4, -0.2) is 37.3 Å². The monoisotopic (exact) mass is 343 g/mol. The van der Waals surface area contributed by atoms with Crippen molar-refractivity contribution >= 4 is 5.96 Å². The maximum Gasteiger partial charge on any atom is 0.191 e. The second-order valence-electron chi connectivity index (χ2n) is 5.78. The van der Waals surface area contributed by atoms with Crippen LogP contribution >= 0.6 is 0 Å². The van der Waals surface area contributed by atoms with E-state index in [1.165, 1.54) is 6.07 Å². The lowest BCUT2D eigenvalue weighted by atomic mass is 10.0. The van der Waals surface area contributed by atoms with Gasteiger partial charge in [-0.25, -0.2) is 4.39 Å². The third-order valence-electron chi connectivity index (χ3n) is 3.95. The maximum atomic E-state index is 13.6. The van der Waals surface area contributed by atoms with Crippen LogP contribution < -0.4 is 10.6 Å². The number of hydrogen-bond donors (Lipinski definition) is 3. The Morgan fingerprint density at radius 2 is 1.80 bits per heavy atom. The smallest absolute Gasteiger partial charge is 0.191 e. The fourth-order valence-corrected chi connectivity index (χ4v) is 2.55. The number of aliphatic imine (C=N–C) groups is 1. The molecule has 0 saturated carbocycles. The van der Waals surface area contributed by atoms with Gasteiger partial charge in [0.25, 0.3) is 0 Å². The molecule has 1 unspecified atom stereocenters. The van der Waals surface area contributed by atoms with E-state index in [0.717, 1.165) is 12.1 Å². The highest BCUT2D eigenvalue weighted by atomic mass is 19.1. The van der Waals surface area contributed by atoms with E-state index in [1.807, 2.05) is 43.3 Å². The third kappa shape index (κ3) is 6.19. The van der Waals surface area contributed by atoms with Crippen molar-refractivity contribution in [3.63, 3.8) is 0 Å². The molecule has 1 atom stereocenters. The number of benzene rings is 2. The van der Waals surface area contributed by atoms with Crippen molar-refractivity contribution in [1.29, 1.82) is 0 Å². The van der Waals surface area contributed by atoms with E-state index in [1.54, 1.807) is 12.1 Å². The number of aliphatic hydroxyl groups excluding tert-OH is 1. The van der Waals surface area contributed by atoms with Crippen molar-refractivity contribution in [1.82, 2.24) is 10.6 Å². The summed E-state index contributed by atoms with van der Waals surface area (Å²) in [5.74, 6) is 0.451. The summed E-state index contributed by atoms with van der Waals surface area (Å²) >= 11 is 0. The van der Waals surface area contributed by atoms with Gasteiger partial charge in [0.2, 0.25) is 0 Å². The van der Waals surface area contributed by atoms with Gasteiger partial charge < -0.3 is 15.7 Å². The van der Waals surface area contributed by atoms with Crippen molar-refractivity contribution in [2.45, 2.75) is 19.3 Å². The average Bonchev–Trinajstić information content (AvgIpc) is 2.64. The average molecular weight is 343 g/mol. The van der Waals surface area contributed by atoms with Crippen LogP contribution in [0.4, 0.5) is 4.39 Å². The van der Waals surface area contributed by atoms with Crippen molar-refractivity contribution in [2.75, 3.05) is 26.2 Å². The zero-order valence-corrected chi connectivity index (χ0v) is 14.6. The van der Waals surface area contributed by atoms with Gasteiger partial charge in [-0.1, -0.05) is 48.5 Å². The van der Waals surface area contributed by atoms with Crippen LogP contribution in [0.2, 0.25) is 0 Å². The number of hydrogen-bond acceptors (Lipinski definition) is 2. The van der Waals surface area contributed by atoms with Crippen LogP contribution in [0, 0.1) is 5.82 Å². The lowest BCUT2D eigenvalue weighted by Gasteiger charge is -2.15. The Bertz CT molecular complexity index is 661. The summed E-state index contributed by atoms with van der Waals surface area (Å²) < 4.78 is 13.6. The molecule has 0 fully saturated rings. The Kier molecular flexibility index (Phi) is 7.92. The zero-order chi connectivity index (χ0) is 17.9. The molecule has 0 aliphatic rings. The topological polar surface area (TPSA) is 56.7 Å². The standard InChI is InChI=1S/C20H26FN3O/c1-2-22-20(23-13-12-17-10-6-7-11-19(17)21)24-14-18(15-25)16-8-4-3-5-9-16/h3-11,18,25H,2,12-15H2,1H3,(H2,22,23,24). The predicted octanol–water partition coefficient (Wildman–Crippen LogP) is 2.70. The summed E-state index contributed by atoms with van der Waals surface area (Å²) in [5, 5.41) is 16.0. The molecule has 0 radical (unpaired) electrons. The maximum absolute atomic E-state index is 13.6. The van der Waals surface area contributed by atoms with Gasteiger partial charge in [0, 0.05) is 19.0 Å². The fraction of sp³-hybridized carbons (Fsp3) is 0.350. The van der Waals surface area contributed by atoms with Crippen LogP contribution in [0.5, 0.6) is 0 Å². The van der Waals surface area contributed by atoms with Gasteiger partial charge in [-0.05, 0) is 30.5 Å². The van der Waals surface area contributed by atoms with Gasteiger partial charge in [-0.3, -0.25) is 4.99 Å². The Hall–Kier alpha value is -2.40. The molecule has 3 N–H and O–H groups in total. The highest BCUT2D eigenvalue weighted by Gasteiger charge is 2.10. The molecule has 5 heteroatoms. The number of rotatable bonds is 8. The Morgan fingerprint density at radius 1 is 1.08 bits per heavy atom. The summed E-state index contributed by atoms with van der Waals surface area (Å²) in [4.78, 5) is 4.56. The first-order chi connectivity index (χ1) is 12.2. The molecule has 2 rings (SSSR count). The molecule has 0 aromatic heterocycles. The fourth-order valence-electron chi connectivity index (χ4n) is 2.55. The van der Waals surface area contributed by atoms with Gasteiger partial charge in [0.15, 0.2) is 5.96 Å². The van der Waals surface area contributed by atoms with E-state index in [9.17, 15) is 9.50 Å². The number of guanidine groups is 1. The van der Waals surface area contributed by atoms with Crippen LogP contribution in [0.1, 0.15) is 24.0 Å². The molecular formula is C20H26FN3O. The van der Waals surface area contributed by atoms with Gasteiger partial charge in [-0.15, -0.1) is 0 Å². The van der Waals surface area contributed by atoms with E-state index in [0.29, 0.717) is 31.0 Å². The van der Waals surface area contributed by atoms with Gasteiger partial charge >= 0.3 is 0 Å². The molecule has 0 amide bonds. The molecule has 25 heavy (non-hydrogen) atoms. The molecule has 0 spiro atoms.